The van der Waals surface area contributed by atoms with Gasteiger partial charge in [-0.3, -0.25) is 19.4 Å². The van der Waals surface area contributed by atoms with E-state index in [1.807, 2.05) is 13.1 Å². The highest BCUT2D eigenvalue weighted by atomic mass is 19.1. The fourth-order valence-corrected chi connectivity index (χ4v) is 3.20. The van der Waals surface area contributed by atoms with Crippen LogP contribution in [-0.4, -0.2) is 52.7 Å². The quantitative estimate of drug-likeness (QED) is 0.538. The third kappa shape index (κ3) is 7.82. The van der Waals surface area contributed by atoms with Crippen molar-refractivity contribution in [1.29, 1.82) is 0 Å². The summed E-state index contributed by atoms with van der Waals surface area (Å²) >= 11 is 0. The molecule has 170 valence electrons. The third-order valence-electron chi connectivity index (χ3n) is 4.71. The number of pyridine rings is 1. The number of hydrogen-bond donors (Lipinski definition) is 3. The number of hydrogen-bond acceptors (Lipinski definition) is 4. The maximum Gasteiger partial charge on any atom is 0.239 e. The van der Waals surface area contributed by atoms with Crippen molar-refractivity contribution in [1.82, 2.24) is 20.2 Å². The Hall–Kier alpha value is -3.75. The number of amides is 3. The highest BCUT2D eigenvalue weighted by molar-refractivity contribution is 5.86. The Morgan fingerprint density at radius 3 is 2.59 bits per heavy atom. The Labute approximate surface area is 186 Å². The average Bonchev–Trinajstić information content (AvgIpc) is 3.13. The normalized spacial score (nSPS) is 12.7. The smallest absolute Gasteiger partial charge is 0.239 e. The van der Waals surface area contributed by atoms with Crippen molar-refractivity contribution in [3.63, 3.8) is 0 Å². The first kappa shape index (κ1) is 24.5. The first-order valence-electron chi connectivity index (χ1n) is 10.2. The number of fused-ring (bicyclic) bond motifs is 1. The molecule has 1 aliphatic heterocycles. The lowest BCUT2D eigenvalue weighted by molar-refractivity contribution is -0.138. The Kier molecular flexibility index (Phi) is 9.34. The number of aryl methyl sites for hydroxylation is 3. The van der Waals surface area contributed by atoms with E-state index < -0.39 is 0 Å². The van der Waals surface area contributed by atoms with Gasteiger partial charge in [0.1, 0.15) is 5.82 Å². The molecule has 0 aliphatic carbocycles. The second-order valence-electron chi connectivity index (χ2n) is 7.29. The number of carbonyl (C=O) groups is 3. The number of nitrogens with two attached hydrogens (primary N) is 1. The molecule has 0 unspecified atom stereocenters. The molecule has 0 saturated carbocycles. The molecule has 3 aromatic rings. The number of piperazine rings is 1. The van der Waals surface area contributed by atoms with Crippen LogP contribution < -0.4 is 11.1 Å². The van der Waals surface area contributed by atoms with Crippen LogP contribution in [0.25, 0.3) is 10.9 Å². The summed E-state index contributed by atoms with van der Waals surface area (Å²) < 4.78 is 12.7. The molecule has 2 aromatic heterocycles. The minimum atomic E-state index is -0.280. The highest BCUT2D eigenvalue weighted by Crippen LogP contribution is 2.14. The van der Waals surface area contributed by atoms with Crippen LogP contribution >= 0.6 is 0 Å². The number of rotatable bonds is 3. The van der Waals surface area contributed by atoms with E-state index in [0.717, 1.165) is 16.8 Å². The van der Waals surface area contributed by atoms with E-state index in [-0.39, 0.29) is 30.6 Å². The first-order chi connectivity index (χ1) is 15.3. The van der Waals surface area contributed by atoms with Gasteiger partial charge in [-0.05, 0) is 50.1 Å². The Balaban J connectivity index is 0.000000220. The zero-order chi connectivity index (χ0) is 23.5. The maximum absolute atomic E-state index is 12.7. The third-order valence-corrected chi connectivity index (χ3v) is 4.71. The van der Waals surface area contributed by atoms with Crippen molar-refractivity contribution in [2.24, 2.45) is 5.73 Å². The van der Waals surface area contributed by atoms with Crippen molar-refractivity contribution in [2.75, 3.05) is 19.6 Å². The average molecular weight is 442 g/mol. The van der Waals surface area contributed by atoms with Gasteiger partial charge in [0, 0.05) is 36.3 Å². The summed E-state index contributed by atoms with van der Waals surface area (Å²) in [4.78, 5) is 40.6. The lowest BCUT2D eigenvalue weighted by Gasteiger charge is -2.26. The van der Waals surface area contributed by atoms with Crippen LogP contribution in [0.15, 0.2) is 42.6 Å². The second kappa shape index (κ2) is 12.2. The summed E-state index contributed by atoms with van der Waals surface area (Å²) in [5.74, 6) is -0.427. The molecule has 0 spiro atoms. The van der Waals surface area contributed by atoms with Crippen LogP contribution in [0.2, 0.25) is 0 Å². The predicted molar refractivity (Wildman–Crippen MR) is 120 cm³/mol. The number of aromatic nitrogens is 2. The molecule has 3 amide bonds. The van der Waals surface area contributed by atoms with Gasteiger partial charge in [-0.2, -0.15) is 0 Å². The minimum absolute atomic E-state index is 0.0332. The summed E-state index contributed by atoms with van der Waals surface area (Å²) in [6.45, 7) is 5.27. The number of benzene rings is 1. The number of H-pyrrole nitrogens is 1. The van der Waals surface area contributed by atoms with E-state index in [1.165, 1.54) is 23.2 Å². The molecule has 9 heteroatoms. The van der Waals surface area contributed by atoms with E-state index in [1.54, 1.807) is 17.0 Å². The number of aromatic amines is 1. The molecule has 0 atom stereocenters. The van der Waals surface area contributed by atoms with Gasteiger partial charge in [-0.15, -0.1) is 0 Å². The van der Waals surface area contributed by atoms with E-state index in [9.17, 15) is 14.0 Å². The standard InChI is InChI=1S/C13H15FN2O2.C9H10N2.CH3NO/c14-11-4-1-10(2-5-11)3-6-13(18)16-8-7-15-12(17)9-16;1-6-3-8-4-7(2)11-9(8)5-10-6;2-1-3/h1-2,4-5H,3,6-9H2,(H,15,17);3-5,11H,1-2H3;1H,(H2,2,3). The fraction of sp³-hybridized carbons (Fsp3) is 0.304. The summed E-state index contributed by atoms with van der Waals surface area (Å²) in [6.07, 6.45) is 3.04. The van der Waals surface area contributed by atoms with Crippen LogP contribution in [0.4, 0.5) is 4.39 Å². The molecule has 1 aliphatic rings. The van der Waals surface area contributed by atoms with Crippen molar-refractivity contribution < 1.29 is 18.8 Å². The lowest BCUT2D eigenvalue weighted by Crippen LogP contribution is -2.50. The first-order valence-corrected chi connectivity index (χ1v) is 10.2. The molecule has 0 radical (unpaired) electrons. The van der Waals surface area contributed by atoms with E-state index >= 15 is 0 Å². The van der Waals surface area contributed by atoms with Gasteiger partial charge < -0.3 is 20.9 Å². The van der Waals surface area contributed by atoms with Crippen molar-refractivity contribution in [2.45, 2.75) is 26.7 Å². The number of nitrogens with one attached hydrogen (secondary N) is 2. The zero-order valence-electron chi connectivity index (χ0n) is 18.2. The van der Waals surface area contributed by atoms with Crippen LogP contribution in [0.3, 0.4) is 0 Å². The molecule has 3 heterocycles. The number of nitrogens with zero attached hydrogens (tertiary/aromatic N) is 2. The van der Waals surface area contributed by atoms with E-state index in [2.05, 4.69) is 40.1 Å². The van der Waals surface area contributed by atoms with Crippen LogP contribution in [0.1, 0.15) is 23.4 Å². The largest absolute Gasteiger partial charge is 0.372 e. The molecule has 4 rings (SSSR count). The van der Waals surface area contributed by atoms with Crippen molar-refractivity contribution >= 4 is 29.1 Å². The van der Waals surface area contributed by atoms with Crippen molar-refractivity contribution in [3.8, 4) is 0 Å². The van der Waals surface area contributed by atoms with Crippen molar-refractivity contribution in [3.05, 3.63) is 65.4 Å². The fourth-order valence-electron chi connectivity index (χ4n) is 3.20. The second-order valence-corrected chi connectivity index (χ2v) is 7.29. The highest BCUT2D eigenvalue weighted by Gasteiger charge is 2.20. The van der Waals surface area contributed by atoms with Gasteiger partial charge in [0.15, 0.2) is 0 Å². The molecular weight excluding hydrogens is 413 g/mol. The van der Waals surface area contributed by atoms with Crippen LogP contribution in [-0.2, 0) is 20.8 Å². The Morgan fingerprint density at radius 1 is 1.25 bits per heavy atom. The summed E-state index contributed by atoms with van der Waals surface area (Å²) in [5, 5.41) is 3.92. The van der Waals surface area contributed by atoms with Gasteiger partial charge in [0.05, 0.1) is 18.3 Å². The van der Waals surface area contributed by atoms with Gasteiger partial charge in [-0.25, -0.2) is 4.39 Å². The molecule has 8 nitrogen and oxygen atoms in total. The number of halogens is 1. The molecule has 0 bridgehead atoms. The topological polar surface area (TPSA) is 121 Å². The molecular formula is C23H28FN5O3. The van der Waals surface area contributed by atoms with Gasteiger partial charge in [0.25, 0.3) is 0 Å². The Morgan fingerprint density at radius 2 is 1.94 bits per heavy atom. The van der Waals surface area contributed by atoms with Gasteiger partial charge in [0.2, 0.25) is 18.2 Å². The molecule has 32 heavy (non-hydrogen) atoms. The molecule has 1 aromatic carbocycles. The van der Waals surface area contributed by atoms with Gasteiger partial charge >= 0.3 is 0 Å². The molecule has 1 saturated heterocycles. The van der Waals surface area contributed by atoms with E-state index in [4.69, 9.17) is 4.79 Å². The predicted octanol–water partition coefficient (Wildman–Crippen LogP) is 2.00. The number of primary amides is 1. The maximum atomic E-state index is 12.7. The van der Waals surface area contributed by atoms with E-state index in [0.29, 0.717) is 25.9 Å². The minimum Gasteiger partial charge on any atom is -0.372 e. The monoisotopic (exact) mass is 441 g/mol. The zero-order valence-corrected chi connectivity index (χ0v) is 18.2. The summed E-state index contributed by atoms with van der Waals surface area (Å²) in [5.41, 5.74) is 8.46. The summed E-state index contributed by atoms with van der Waals surface area (Å²) in [6, 6.07) is 10.3. The number of carbonyl (C=O) groups excluding carboxylic acids is 3. The Bertz CT molecular complexity index is 1050. The molecule has 4 N–H and O–H groups in total. The van der Waals surface area contributed by atoms with Crippen LogP contribution in [0, 0.1) is 19.7 Å². The summed E-state index contributed by atoms with van der Waals surface area (Å²) in [7, 11) is 0. The SMILES string of the molecule is Cc1cc2cc(C)[nH]c2cn1.NC=O.O=C1CN(C(=O)CCc2ccc(F)cc2)CCN1. The van der Waals surface area contributed by atoms with Gasteiger partial charge in [-0.1, -0.05) is 12.1 Å². The van der Waals surface area contributed by atoms with Crippen LogP contribution in [0.5, 0.6) is 0 Å². The molecule has 1 fully saturated rings. The lowest BCUT2D eigenvalue weighted by atomic mass is 10.1.